The van der Waals surface area contributed by atoms with Crippen LogP contribution in [0.3, 0.4) is 0 Å². The summed E-state index contributed by atoms with van der Waals surface area (Å²) in [4.78, 5) is 2.60. The summed E-state index contributed by atoms with van der Waals surface area (Å²) < 4.78 is 0. The number of nitrogens with one attached hydrogen (secondary N) is 1. The molecular formula is C15H32N2. The van der Waals surface area contributed by atoms with E-state index in [4.69, 9.17) is 0 Å². The van der Waals surface area contributed by atoms with Crippen molar-refractivity contribution < 1.29 is 0 Å². The predicted octanol–water partition coefficient (Wildman–Crippen LogP) is 3.28. The average molecular weight is 240 g/mol. The minimum atomic E-state index is 0.434. The van der Waals surface area contributed by atoms with Crippen molar-refractivity contribution in [1.82, 2.24) is 10.2 Å². The third-order valence-electron chi connectivity index (χ3n) is 4.12. The third kappa shape index (κ3) is 4.97. The van der Waals surface area contributed by atoms with Crippen molar-refractivity contribution in [3.05, 3.63) is 0 Å². The predicted molar refractivity (Wildman–Crippen MR) is 76.4 cm³/mol. The third-order valence-corrected chi connectivity index (χ3v) is 4.12. The van der Waals surface area contributed by atoms with E-state index in [0.717, 1.165) is 12.6 Å². The second kappa shape index (κ2) is 6.75. The standard InChI is InChI=1S/C15H32N2/c1-6-10-15(4,11-16-13(2)3)12-17(5)14-8-7-9-14/h13-14,16H,6-12H2,1-5H3. The van der Waals surface area contributed by atoms with Gasteiger partial charge in [0.15, 0.2) is 0 Å². The van der Waals surface area contributed by atoms with Gasteiger partial charge in [0.1, 0.15) is 0 Å². The molecule has 0 amide bonds. The Hall–Kier alpha value is -0.0800. The lowest BCUT2D eigenvalue weighted by Gasteiger charge is -2.41. The van der Waals surface area contributed by atoms with Crippen molar-refractivity contribution in [2.75, 3.05) is 20.1 Å². The molecule has 0 spiro atoms. The molecule has 1 aliphatic rings. The molecule has 1 N–H and O–H groups in total. The van der Waals surface area contributed by atoms with Gasteiger partial charge in [-0.3, -0.25) is 0 Å². The molecule has 1 aliphatic carbocycles. The van der Waals surface area contributed by atoms with Crippen molar-refractivity contribution in [3.63, 3.8) is 0 Å². The summed E-state index contributed by atoms with van der Waals surface area (Å²) in [5.41, 5.74) is 0.434. The van der Waals surface area contributed by atoms with Gasteiger partial charge < -0.3 is 10.2 Å². The molecule has 0 heterocycles. The van der Waals surface area contributed by atoms with Crippen molar-refractivity contribution in [2.45, 2.75) is 71.9 Å². The Morgan fingerprint density at radius 3 is 2.41 bits per heavy atom. The second-order valence-electron chi connectivity index (χ2n) is 6.60. The molecule has 1 unspecified atom stereocenters. The molecule has 1 saturated carbocycles. The van der Waals surface area contributed by atoms with Gasteiger partial charge in [0.05, 0.1) is 0 Å². The summed E-state index contributed by atoms with van der Waals surface area (Å²) >= 11 is 0. The van der Waals surface area contributed by atoms with Crippen molar-refractivity contribution in [1.29, 1.82) is 0 Å². The molecule has 0 aromatic carbocycles. The van der Waals surface area contributed by atoms with Gasteiger partial charge in [0.25, 0.3) is 0 Å². The van der Waals surface area contributed by atoms with Gasteiger partial charge in [0.2, 0.25) is 0 Å². The molecule has 0 bridgehead atoms. The van der Waals surface area contributed by atoms with Crippen molar-refractivity contribution in [2.24, 2.45) is 5.41 Å². The summed E-state index contributed by atoms with van der Waals surface area (Å²) in [7, 11) is 2.31. The summed E-state index contributed by atoms with van der Waals surface area (Å²) in [6, 6.07) is 1.46. The molecule has 0 radical (unpaired) electrons. The molecule has 17 heavy (non-hydrogen) atoms. The largest absolute Gasteiger partial charge is 0.314 e. The van der Waals surface area contributed by atoms with Gasteiger partial charge in [0, 0.05) is 25.2 Å². The van der Waals surface area contributed by atoms with Crippen LogP contribution in [0.25, 0.3) is 0 Å². The lowest BCUT2D eigenvalue weighted by molar-refractivity contribution is 0.0935. The fraction of sp³-hybridized carbons (Fsp3) is 1.00. The number of hydrogen-bond acceptors (Lipinski definition) is 2. The fourth-order valence-corrected chi connectivity index (χ4v) is 2.84. The Morgan fingerprint density at radius 2 is 2.00 bits per heavy atom. The van der Waals surface area contributed by atoms with Crippen LogP contribution >= 0.6 is 0 Å². The SMILES string of the molecule is CCCC(C)(CNC(C)C)CN(C)C1CCC1. The molecule has 0 aromatic heterocycles. The highest BCUT2D eigenvalue weighted by Gasteiger charge is 2.30. The van der Waals surface area contributed by atoms with Gasteiger partial charge in [-0.25, -0.2) is 0 Å². The number of rotatable bonds is 8. The summed E-state index contributed by atoms with van der Waals surface area (Å²) in [6.07, 6.45) is 6.87. The maximum absolute atomic E-state index is 3.62. The van der Waals surface area contributed by atoms with E-state index in [1.165, 1.54) is 38.6 Å². The van der Waals surface area contributed by atoms with Crippen LogP contribution in [0.15, 0.2) is 0 Å². The lowest BCUT2D eigenvalue weighted by atomic mass is 9.82. The quantitative estimate of drug-likeness (QED) is 0.700. The van der Waals surface area contributed by atoms with Gasteiger partial charge in [-0.2, -0.15) is 0 Å². The van der Waals surface area contributed by atoms with E-state index < -0.39 is 0 Å². The Kier molecular flexibility index (Phi) is 5.94. The normalized spacial score (nSPS) is 20.6. The van der Waals surface area contributed by atoms with Gasteiger partial charge >= 0.3 is 0 Å². The number of nitrogens with zero attached hydrogens (tertiary/aromatic N) is 1. The smallest absolute Gasteiger partial charge is 0.00924 e. The van der Waals surface area contributed by atoms with E-state index in [-0.39, 0.29) is 0 Å². The fourth-order valence-electron chi connectivity index (χ4n) is 2.84. The molecule has 1 rings (SSSR count). The summed E-state index contributed by atoms with van der Waals surface area (Å²) in [5.74, 6) is 0. The van der Waals surface area contributed by atoms with Crippen LogP contribution in [-0.4, -0.2) is 37.1 Å². The molecule has 102 valence electrons. The highest BCUT2D eigenvalue weighted by molar-refractivity contribution is 4.85. The first-order chi connectivity index (χ1) is 7.97. The van der Waals surface area contributed by atoms with E-state index >= 15 is 0 Å². The van der Waals surface area contributed by atoms with Crippen LogP contribution in [-0.2, 0) is 0 Å². The van der Waals surface area contributed by atoms with Gasteiger partial charge in [-0.15, -0.1) is 0 Å². The van der Waals surface area contributed by atoms with E-state index in [2.05, 4.69) is 45.0 Å². The average Bonchev–Trinajstić information content (AvgIpc) is 2.12. The van der Waals surface area contributed by atoms with Gasteiger partial charge in [-0.1, -0.05) is 40.5 Å². The highest BCUT2D eigenvalue weighted by atomic mass is 15.1. The van der Waals surface area contributed by atoms with Crippen LogP contribution in [0, 0.1) is 5.41 Å². The van der Waals surface area contributed by atoms with Crippen LogP contribution in [0.2, 0.25) is 0 Å². The van der Waals surface area contributed by atoms with Crippen molar-refractivity contribution in [3.8, 4) is 0 Å². The lowest BCUT2D eigenvalue weighted by Crippen LogP contribution is -2.47. The monoisotopic (exact) mass is 240 g/mol. The van der Waals surface area contributed by atoms with E-state index in [1.54, 1.807) is 0 Å². The Balaban J connectivity index is 2.43. The van der Waals surface area contributed by atoms with Crippen LogP contribution in [0.1, 0.15) is 59.8 Å². The van der Waals surface area contributed by atoms with Crippen LogP contribution < -0.4 is 5.32 Å². The second-order valence-corrected chi connectivity index (χ2v) is 6.60. The topological polar surface area (TPSA) is 15.3 Å². The Labute approximate surface area is 108 Å². The molecule has 1 fully saturated rings. The number of hydrogen-bond donors (Lipinski definition) is 1. The first-order valence-corrected chi connectivity index (χ1v) is 7.40. The minimum Gasteiger partial charge on any atom is -0.314 e. The maximum Gasteiger partial charge on any atom is 0.00924 e. The molecule has 2 heteroatoms. The molecular weight excluding hydrogens is 208 g/mol. The molecule has 2 nitrogen and oxygen atoms in total. The van der Waals surface area contributed by atoms with E-state index in [9.17, 15) is 0 Å². The minimum absolute atomic E-state index is 0.434. The Bertz CT molecular complexity index is 211. The van der Waals surface area contributed by atoms with E-state index in [1.807, 2.05) is 0 Å². The first kappa shape index (κ1) is 15.0. The van der Waals surface area contributed by atoms with Crippen molar-refractivity contribution >= 4 is 0 Å². The molecule has 0 aliphatic heterocycles. The van der Waals surface area contributed by atoms with Crippen LogP contribution in [0.4, 0.5) is 0 Å². The van der Waals surface area contributed by atoms with Crippen LogP contribution in [0.5, 0.6) is 0 Å². The maximum atomic E-state index is 3.62. The van der Waals surface area contributed by atoms with Gasteiger partial charge in [-0.05, 0) is 31.7 Å². The zero-order chi connectivity index (χ0) is 12.9. The first-order valence-electron chi connectivity index (χ1n) is 7.40. The highest BCUT2D eigenvalue weighted by Crippen LogP contribution is 2.29. The Morgan fingerprint density at radius 1 is 1.35 bits per heavy atom. The molecule has 0 aromatic rings. The van der Waals surface area contributed by atoms with E-state index in [0.29, 0.717) is 11.5 Å². The zero-order valence-corrected chi connectivity index (χ0v) is 12.6. The summed E-state index contributed by atoms with van der Waals surface area (Å²) in [5, 5.41) is 3.62. The summed E-state index contributed by atoms with van der Waals surface area (Å²) in [6.45, 7) is 11.6. The molecule has 1 atom stereocenters. The molecule has 0 saturated heterocycles. The zero-order valence-electron chi connectivity index (χ0n) is 12.6.